The van der Waals surface area contributed by atoms with Gasteiger partial charge >= 0.3 is 0 Å². The molecule has 0 aliphatic heterocycles. The third-order valence-electron chi connectivity index (χ3n) is 2.43. The van der Waals surface area contributed by atoms with Crippen molar-refractivity contribution < 1.29 is 18.3 Å². The minimum Gasteiger partial charge on any atom is -0.489 e. The Kier molecular flexibility index (Phi) is 4.12. The molecule has 2 rings (SSSR count). The van der Waals surface area contributed by atoms with E-state index in [1.807, 2.05) is 0 Å². The second kappa shape index (κ2) is 5.80. The van der Waals surface area contributed by atoms with Crippen molar-refractivity contribution in [2.45, 2.75) is 6.61 Å². The number of hydrogen-bond acceptors (Lipinski definition) is 2. The van der Waals surface area contributed by atoms with Crippen LogP contribution in [-0.2, 0) is 6.61 Å². The van der Waals surface area contributed by atoms with E-state index < -0.39 is 11.6 Å². The zero-order chi connectivity index (χ0) is 13.8. The van der Waals surface area contributed by atoms with Gasteiger partial charge in [-0.3, -0.25) is 4.79 Å². The molecular weight excluding hydrogens is 274 g/mol. The van der Waals surface area contributed by atoms with E-state index in [2.05, 4.69) is 0 Å². The maximum atomic E-state index is 13.2. The molecule has 0 radical (unpaired) electrons. The molecule has 0 saturated carbocycles. The molecule has 0 saturated heterocycles. The Morgan fingerprint density at radius 3 is 2.63 bits per heavy atom. The summed E-state index contributed by atoms with van der Waals surface area (Å²) < 4.78 is 31.5. The Balaban J connectivity index is 2.16. The van der Waals surface area contributed by atoms with E-state index in [1.54, 1.807) is 0 Å². The molecule has 0 amide bonds. The number of rotatable bonds is 4. The number of aldehydes is 1. The van der Waals surface area contributed by atoms with Crippen LogP contribution in [0.4, 0.5) is 8.78 Å². The number of halogens is 3. The summed E-state index contributed by atoms with van der Waals surface area (Å²) >= 11 is 5.88. The van der Waals surface area contributed by atoms with E-state index in [0.29, 0.717) is 16.9 Å². The lowest BCUT2D eigenvalue weighted by Gasteiger charge is -2.08. The van der Waals surface area contributed by atoms with Gasteiger partial charge in [-0.2, -0.15) is 0 Å². The van der Waals surface area contributed by atoms with Crippen molar-refractivity contribution in [3.63, 3.8) is 0 Å². The van der Waals surface area contributed by atoms with Gasteiger partial charge in [0, 0.05) is 22.2 Å². The number of ether oxygens (including phenoxy) is 1. The van der Waals surface area contributed by atoms with Crippen molar-refractivity contribution in [2.24, 2.45) is 0 Å². The molecule has 0 aliphatic carbocycles. The van der Waals surface area contributed by atoms with Gasteiger partial charge in [0.1, 0.15) is 30.3 Å². The van der Waals surface area contributed by atoms with Gasteiger partial charge in [0.15, 0.2) is 0 Å². The standard InChI is InChI=1S/C14H9ClF2O2/c15-14-2-1-11(16)5-10(14)8-19-13-4-9(7-18)3-12(17)6-13/h1-7H,8H2. The van der Waals surface area contributed by atoms with Gasteiger partial charge in [-0.15, -0.1) is 0 Å². The normalized spacial score (nSPS) is 10.3. The molecule has 2 aromatic rings. The van der Waals surface area contributed by atoms with Crippen molar-refractivity contribution in [1.82, 2.24) is 0 Å². The van der Waals surface area contributed by atoms with Gasteiger partial charge in [-0.1, -0.05) is 11.6 Å². The first kappa shape index (κ1) is 13.5. The molecule has 98 valence electrons. The highest BCUT2D eigenvalue weighted by Gasteiger charge is 2.05. The van der Waals surface area contributed by atoms with Gasteiger partial charge < -0.3 is 4.74 Å². The summed E-state index contributed by atoms with van der Waals surface area (Å²) in [6, 6.07) is 7.51. The third kappa shape index (κ3) is 3.51. The summed E-state index contributed by atoms with van der Waals surface area (Å²) in [5.41, 5.74) is 0.610. The third-order valence-corrected chi connectivity index (χ3v) is 2.80. The molecule has 0 spiro atoms. The molecule has 0 unspecified atom stereocenters. The van der Waals surface area contributed by atoms with Gasteiger partial charge in [0.2, 0.25) is 0 Å². The van der Waals surface area contributed by atoms with Crippen LogP contribution in [-0.4, -0.2) is 6.29 Å². The SMILES string of the molecule is O=Cc1cc(F)cc(OCc2cc(F)ccc2Cl)c1. The Hall–Kier alpha value is -1.94. The Morgan fingerprint density at radius 1 is 1.11 bits per heavy atom. The van der Waals surface area contributed by atoms with Crippen LogP contribution in [0.5, 0.6) is 5.75 Å². The Morgan fingerprint density at radius 2 is 1.89 bits per heavy atom. The van der Waals surface area contributed by atoms with Gasteiger partial charge in [-0.05, 0) is 30.3 Å². The van der Waals surface area contributed by atoms with Crippen molar-refractivity contribution in [1.29, 1.82) is 0 Å². The lowest BCUT2D eigenvalue weighted by Crippen LogP contribution is -1.98. The molecule has 0 bridgehead atoms. The minimum absolute atomic E-state index is 0.0155. The fraction of sp³-hybridized carbons (Fsp3) is 0.0714. The first-order valence-electron chi connectivity index (χ1n) is 5.41. The lowest BCUT2D eigenvalue weighted by molar-refractivity contribution is 0.112. The maximum Gasteiger partial charge on any atom is 0.150 e. The second-order valence-electron chi connectivity index (χ2n) is 3.86. The highest BCUT2D eigenvalue weighted by atomic mass is 35.5. The van der Waals surface area contributed by atoms with Crippen molar-refractivity contribution >= 4 is 17.9 Å². The molecule has 5 heteroatoms. The molecule has 2 nitrogen and oxygen atoms in total. The number of hydrogen-bond donors (Lipinski definition) is 0. The van der Waals surface area contributed by atoms with Crippen molar-refractivity contribution in [2.75, 3.05) is 0 Å². The zero-order valence-corrected chi connectivity index (χ0v) is 10.5. The van der Waals surface area contributed by atoms with E-state index in [4.69, 9.17) is 16.3 Å². The quantitative estimate of drug-likeness (QED) is 0.792. The van der Waals surface area contributed by atoms with Crippen LogP contribution in [0.3, 0.4) is 0 Å². The minimum atomic E-state index is -0.579. The Bertz CT molecular complexity index is 614. The number of carbonyl (C=O) groups is 1. The summed E-state index contributed by atoms with van der Waals surface area (Å²) in [6.07, 6.45) is 0.519. The van der Waals surface area contributed by atoms with Crippen LogP contribution in [0.1, 0.15) is 15.9 Å². The van der Waals surface area contributed by atoms with E-state index in [0.717, 1.165) is 12.1 Å². The van der Waals surface area contributed by atoms with Crippen LogP contribution in [0, 0.1) is 11.6 Å². The topological polar surface area (TPSA) is 26.3 Å². The smallest absolute Gasteiger partial charge is 0.150 e. The molecule has 0 atom stereocenters. The predicted octanol–water partition coefficient (Wildman–Crippen LogP) is 4.01. The lowest BCUT2D eigenvalue weighted by atomic mass is 10.2. The Labute approximate surface area is 113 Å². The first-order chi connectivity index (χ1) is 9.08. The molecular formula is C14H9ClF2O2. The number of carbonyl (C=O) groups excluding carboxylic acids is 1. The van der Waals surface area contributed by atoms with Crippen molar-refractivity contribution in [3.8, 4) is 5.75 Å². The van der Waals surface area contributed by atoms with E-state index in [-0.39, 0.29) is 17.9 Å². The summed E-state index contributed by atoms with van der Waals surface area (Å²) in [4.78, 5) is 10.6. The fourth-order valence-corrected chi connectivity index (χ4v) is 1.72. The largest absolute Gasteiger partial charge is 0.489 e. The van der Waals surface area contributed by atoms with Crippen LogP contribution >= 0.6 is 11.6 Å². The van der Waals surface area contributed by atoms with E-state index in [9.17, 15) is 13.6 Å². The summed E-state index contributed by atoms with van der Waals surface area (Å²) in [7, 11) is 0. The van der Waals surface area contributed by atoms with Gasteiger partial charge in [0.05, 0.1) is 0 Å². The first-order valence-corrected chi connectivity index (χ1v) is 5.79. The highest BCUT2D eigenvalue weighted by molar-refractivity contribution is 6.31. The molecule has 0 fully saturated rings. The van der Waals surface area contributed by atoms with E-state index in [1.165, 1.54) is 24.3 Å². The van der Waals surface area contributed by atoms with Crippen LogP contribution in [0.25, 0.3) is 0 Å². The maximum absolute atomic E-state index is 13.2. The average Bonchev–Trinajstić information content (AvgIpc) is 2.39. The highest BCUT2D eigenvalue weighted by Crippen LogP contribution is 2.21. The monoisotopic (exact) mass is 282 g/mol. The average molecular weight is 283 g/mol. The van der Waals surface area contributed by atoms with E-state index >= 15 is 0 Å². The fourth-order valence-electron chi connectivity index (χ4n) is 1.55. The molecule has 0 aromatic heterocycles. The van der Waals surface area contributed by atoms with Gasteiger partial charge in [0.25, 0.3) is 0 Å². The van der Waals surface area contributed by atoms with Gasteiger partial charge in [-0.25, -0.2) is 8.78 Å². The van der Waals surface area contributed by atoms with Crippen LogP contribution < -0.4 is 4.74 Å². The van der Waals surface area contributed by atoms with Crippen LogP contribution in [0.2, 0.25) is 5.02 Å². The van der Waals surface area contributed by atoms with Crippen LogP contribution in [0.15, 0.2) is 36.4 Å². The number of benzene rings is 2. The van der Waals surface area contributed by atoms with Crippen molar-refractivity contribution in [3.05, 3.63) is 64.2 Å². The summed E-state index contributed by atoms with van der Waals surface area (Å²) in [6.45, 7) is -0.0155. The molecule has 0 aliphatic rings. The molecule has 0 heterocycles. The molecule has 0 N–H and O–H groups in total. The summed E-state index contributed by atoms with van der Waals surface area (Å²) in [5.74, 6) is -0.830. The second-order valence-corrected chi connectivity index (χ2v) is 4.27. The predicted molar refractivity (Wildman–Crippen MR) is 67.5 cm³/mol. The molecule has 2 aromatic carbocycles. The zero-order valence-electron chi connectivity index (χ0n) is 9.70. The summed E-state index contributed by atoms with van der Waals surface area (Å²) in [5, 5.41) is 0.355. The molecule has 19 heavy (non-hydrogen) atoms.